The molecule has 15 heavy (non-hydrogen) atoms. The van der Waals surface area contributed by atoms with Crippen molar-refractivity contribution in [2.45, 2.75) is 0 Å². The number of likely N-dealkylation sites (N-methyl/N-ethyl adjacent to an activating group) is 1. The third-order valence-electron chi connectivity index (χ3n) is 2.22. The Bertz CT molecular complexity index is 436. The zero-order chi connectivity index (χ0) is 10.7. The second-order valence-electron chi connectivity index (χ2n) is 3.77. The van der Waals surface area contributed by atoms with Crippen molar-refractivity contribution in [2.24, 2.45) is 0 Å². The van der Waals surface area contributed by atoms with Gasteiger partial charge in [-0.05, 0) is 32.3 Å². The van der Waals surface area contributed by atoms with E-state index in [2.05, 4.69) is 15.1 Å². The van der Waals surface area contributed by atoms with Crippen molar-refractivity contribution in [1.29, 1.82) is 0 Å². The van der Waals surface area contributed by atoms with E-state index >= 15 is 0 Å². The van der Waals surface area contributed by atoms with Gasteiger partial charge in [-0.25, -0.2) is 0 Å². The summed E-state index contributed by atoms with van der Waals surface area (Å²) in [7, 11) is 4.06. The SMILES string of the molecule is CN(C)CCOc1ccc2[nH]ncc2c1. The highest BCUT2D eigenvalue weighted by atomic mass is 16.5. The molecule has 0 saturated carbocycles. The highest BCUT2D eigenvalue weighted by Crippen LogP contribution is 2.18. The maximum Gasteiger partial charge on any atom is 0.120 e. The van der Waals surface area contributed by atoms with E-state index in [0.29, 0.717) is 6.61 Å². The summed E-state index contributed by atoms with van der Waals surface area (Å²) in [5.74, 6) is 0.894. The minimum Gasteiger partial charge on any atom is -0.492 e. The molecule has 1 aromatic carbocycles. The van der Waals surface area contributed by atoms with Gasteiger partial charge >= 0.3 is 0 Å². The summed E-state index contributed by atoms with van der Waals surface area (Å²) in [6.45, 7) is 1.62. The van der Waals surface area contributed by atoms with E-state index in [4.69, 9.17) is 4.74 Å². The van der Waals surface area contributed by atoms with Crippen molar-refractivity contribution < 1.29 is 4.74 Å². The summed E-state index contributed by atoms with van der Waals surface area (Å²) in [6, 6.07) is 5.93. The molecule has 1 N–H and O–H groups in total. The number of nitrogens with zero attached hydrogens (tertiary/aromatic N) is 2. The van der Waals surface area contributed by atoms with Crippen LogP contribution in [-0.2, 0) is 0 Å². The van der Waals surface area contributed by atoms with Gasteiger partial charge in [0.05, 0.1) is 11.7 Å². The first kappa shape index (κ1) is 9.98. The molecule has 80 valence electrons. The van der Waals surface area contributed by atoms with Gasteiger partial charge < -0.3 is 9.64 Å². The summed E-state index contributed by atoms with van der Waals surface area (Å²) < 4.78 is 5.61. The van der Waals surface area contributed by atoms with Crippen molar-refractivity contribution in [3.8, 4) is 5.75 Å². The smallest absolute Gasteiger partial charge is 0.120 e. The second kappa shape index (κ2) is 4.31. The average Bonchev–Trinajstić information content (AvgIpc) is 2.64. The van der Waals surface area contributed by atoms with Crippen LogP contribution in [0.4, 0.5) is 0 Å². The summed E-state index contributed by atoms with van der Waals surface area (Å²) in [4.78, 5) is 2.09. The van der Waals surface area contributed by atoms with E-state index in [1.54, 1.807) is 6.20 Å². The van der Waals surface area contributed by atoms with Gasteiger partial charge in [0.15, 0.2) is 0 Å². The number of nitrogens with one attached hydrogen (secondary N) is 1. The first-order chi connectivity index (χ1) is 7.25. The second-order valence-corrected chi connectivity index (χ2v) is 3.77. The number of aromatic nitrogens is 2. The predicted molar refractivity (Wildman–Crippen MR) is 60.1 cm³/mol. The largest absolute Gasteiger partial charge is 0.492 e. The molecule has 2 aromatic rings. The van der Waals surface area contributed by atoms with Crippen LogP contribution in [0.5, 0.6) is 5.75 Å². The third-order valence-corrected chi connectivity index (χ3v) is 2.22. The number of fused-ring (bicyclic) bond motifs is 1. The van der Waals surface area contributed by atoms with E-state index in [-0.39, 0.29) is 0 Å². The Morgan fingerprint density at radius 1 is 1.40 bits per heavy atom. The summed E-state index contributed by atoms with van der Waals surface area (Å²) in [5.41, 5.74) is 1.04. The number of H-pyrrole nitrogens is 1. The molecule has 4 heteroatoms. The highest BCUT2D eigenvalue weighted by Gasteiger charge is 1.98. The molecule has 0 amide bonds. The molecule has 2 rings (SSSR count). The molecule has 0 aliphatic heterocycles. The Kier molecular flexibility index (Phi) is 2.87. The lowest BCUT2D eigenvalue weighted by atomic mass is 10.2. The summed E-state index contributed by atoms with van der Waals surface area (Å²) in [5, 5.41) is 7.95. The lowest BCUT2D eigenvalue weighted by Crippen LogP contribution is -2.19. The van der Waals surface area contributed by atoms with Crippen LogP contribution in [0.1, 0.15) is 0 Å². The van der Waals surface area contributed by atoms with E-state index in [0.717, 1.165) is 23.2 Å². The quantitative estimate of drug-likeness (QED) is 0.822. The molecule has 0 aliphatic carbocycles. The molecule has 0 atom stereocenters. The first-order valence-corrected chi connectivity index (χ1v) is 4.96. The predicted octanol–water partition coefficient (Wildman–Crippen LogP) is 1.50. The number of aromatic amines is 1. The van der Waals surface area contributed by atoms with Crippen molar-refractivity contribution in [3.63, 3.8) is 0 Å². The van der Waals surface area contributed by atoms with Gasteiger partial charge in [-0.3, -0.25) is 5.10 Å². The van der Waals surface area contributed by atoms with Crippen molar-refractivity contribution in [3.05, 3.63) is 24.4 Å². The van der Waals surface area contributed by atoms with Gasteiger partial charge in [0.2, 0.25) is 0 Å². The summed E-state index contributed by atoms with van der Waals surface area (Å²) >= 11 is 0. The lowest BCUT2D eigenvalue weighted by Gasteiger charge is -2.10. The van der Waals surface area contributed by atoms with Crippen molar-refractivity contribution in [1.82, 2.24) is 15.1 Å². The van der Waals surface area contributed by atoms with Gasteiger partial charge in [0, 0.05) is 11.9 Å². The molecule has 0 unspecified atom stereocenters. The molecular formula is C11H15N3O. The number of hydrogen-bond acceptors (Lipinski definition) is 3. The molecule has 0 spiro atoms. The lowest BCUT2D eigenvalue weighted by molar-refractivity contribution is 0.261. The van der Waals surface area contributed by atoms with Crippen molar-refractivity contribution in [2.75, 3.05) is 27.2 Å². The molecule has 1 heterocycles. The van der Waals surface area contributed by atoms with Gasteiger partial charge in [-0.15, -0.1) is 0 Å². The molecule has 4 nitrogen and oxygen atoms in total. The fraction of sp³-hybridized carbons (Fsp3) is 0.364. The molecule has 1 aromatic heterocycles. The van der Waals surface area contributed by atoms with Gasteiger partial charge in [0.25, 0.3) is 0 Å². The van der Waals surface area contributed by atoms with Gasteiger partial charge in [0.1, 0.15) is 12.4 Å². The van der Waals surface area contributed by atoms with Crippen LogP contribution in [0.3, 0.4) is 0 Å². The molecule has 0 fully saturated rings. The zero-order valence-corrected chi connectivity index (χ0v) is 9.03. The van der Waals surface area contributed by atoms with Crippen LogP contribution in [-0.4, -0.2) is 42.3 Å². The average molecular weight is 205 g/mol. The number of benzene rings is 1. The third kappa shape index (κ3) is 2.47. The standard InChI is InChI=1S/C11H15N3O/c1-14(2)5-6-15-10-3-4-11-9(7-10)8-12-13-11/h3-4,7-8H,5-6H2,1-2H3,(H,12,13). The minimum atomic E-state index is 0.705. The van der Waals surface area contributed by atoms with E-state index in [9.17, 15) is 0 Å². The normalized spacial score (nSPS) is 11.1. The Labute approximate surface area is 88.8 Å². The highest BCUT2D eigenvalue weighted by molar-refractivity contribution is 5.79. The Hall–Kier alpha value is -1.55. The van der Waals surface area contributed by atoms with Crippen LogP contribution in [0.25, 0.3) is 10.9 Å². The number of rotatable bonds is 4. The molecule has 0 aliphatic rings. The number of ether oxygens (including phenoxy) is 1. The molecule has 0 bridgehead atoms. The monoisotopic (exact) mass is 205 g/mol. The first-order valence-electron chi connectivity index (χ1n) is 4.96. The molecule has 0 radical (unpaired) electrons. The topological polar surface area (TPSA) is 41.1 Å². The Morgan fingerprint density at radius 2 is 2.27 bits per heavy atom. The van der Waals surface area contributed by atoms with Gasteiger partial charge in [-0.1, -0.05) is 0 Å². The Morgan fingerprint density at radius 3 is 3.07 bits per heavy atom. The maximum atomic E-state index is 5.61. The van der Waals surface area contributed by atoms with E-state index < -0.39 is 0 Å². The van der Waals surface area contributed by atoms with Crippen LogP contribution >= 0.6 is 0 Å². The molecular weight excluding hydrogens is 190 g/mol. The van der Waals surface area contributed by atoms with Crippen LogP contribution in [0, 0.1) is 0 Å². The maximum absolute atomic E-state index is 5.61. The molecule has 0 saturated heterocycles. The number of hydrogen-bond donors (Lipinski definition) is 1. The van der Waals surface area contributed by atoms with Crippen LogP contribution in [0.15, 0.2) is 24.4 Å². The van der Waals surface area contributed by atoms with Crippen LogP contribution in [0.2, 0.25) is 0 Å². The minimum absolute atomic E-state index is 0.705. The van der Waals surface area contributed by atoms with E-state index in [1.807, 2.05) is 32.3 Å². The van der Waals surface area contributed by atoms with Gasteiger partial charge in [-0.2, -0.15) is 5.10 Å². The fourth-order valence-electron chi connectivity index (χ4n) is 1.36. The Balaban J connectivity index is 2.02. The van der Waals surface area contributed by atoms with Crippen molar-refractivity contribution >= 4 is 10.9 Å². The van der Waals surface area contributed by atoms with Crippen LogP contribution < -0.4 is 4.74 Å². The summed E-state index contributed by atoms with van der Waals surface area (Å²) in [6.07, 6.45) is 1.80. The zero-order valence-electron chi connectivity index (χ0n) is 9.03. The van der Waals surface area contributed by atoms with E-state index in [1.165, 1.54) is 0 Å². The fourth-order valence-corrected chi connectivity index (χ4v) is 1.36.